The van der Waals surface area contributed by atoms with Crippen LogP contribution in [0.25, 0.3) is 0 Å². The Kier molecular flexibility index (Phi) is 5.39. The fourth-order valence-electron chi connectivity index (χ4n) is 3.10. The number of nitrogens with one attached hydrogen (secondary N) is 2. The van der Waals surface area contributed by atoms with E-state index in [1.54, 1.807) is 24.1 Å². The van der Waals surface area contributed by atoms with Gasteiger partial charge in [0.15, 0.2) is 5.76 Å². The van der Waals surface area contributed by atoms with Crippen molar-refractivity contribution in [1.29, 1.82) is 0 Å². The predicted octanol–water partition coefficient (Wildman–Crippen LogP) is 2.26. The van der Waals surface area contributed by atoms with Gasteiger partial charge < -0.3 is 20.0 Å². The Hall–Kier alpha value is -3.36. The van der Waals surface area contributed by atoms with Crippen LogP contribution in [0.1, 0.15) is 33.8 Å². The van der Waals surface area contributed by atoms with Crippen molar-refractivity contribution < 1.29 is 18.9 Å². The molecule has 27 heavy (non-hydrogen) atoms. The van der Waals surface area contributed by atoms with Gasteiger partial charge in [-0.1, -0.05) is 0 Å². The van der Waals surface area contributed by atoms with E-state index in [0.29, 0.717) is 37.4 Å². The van der Waals surface area contributed by atoms with E-state index in [9.17, 15) is 19.7 Å². The summed E-state index contributed by atoms with van der Waals surface area (Å²) in [5.41, 5.74) is 0.599. The second kappa shape index (κ2) is 7.90. The van der Waals surface area contributed by atoms with Crippen molar-refractivity contribution in [3.8, 4) is 0 Å². The number of hydrogen-bond acceptors (Lipinski definition) is 6. The number of hydrogen-bond donors (Lipinski definition) is 2. The Morgan fingerprint density at radius 2 is 2.00 bits per heavy atom. The number of carbonyl (C=O) groups excluding carboxylic acids is 2. The molecule has 142 valence electrons. The fraction of sp³-hybridized carbons (Fsp3) is 0.333. The molecular weight excluding hydrogens is 352 g/mol. The lowest BCUT2D eigenvalue weighted by Gasteiger charge is -2.32. The molecule has 1 aliphatic rings. The second-order valence-electron chi connectivity index (χ2n) is 6.25. The minimum absolute atomic E-state index is 0.109. The highest BCUT2D eigenvalue weighted by Gasteiger charge is 2.27. The van der Waals surface area contributed by atoms with Gasteiger partial charge in [-0.2, -0.15) is 0 Å². The molecule has 1 aliphatic heterocycles. The zero-order chi connectivity index (χ0) is 19.4. The smallest absolute Gasteiger partial charge is 0.289 e. The van der Waals surface area contributed by atoms with Crippen molar-refractivity contribution in [3.05, 3.63) is 58.0 Å². The number of likely N-dealkylation sites (tertiary alicyclic amines) is 1. The first-order chi connectivity index (χ1) is 13.0. The van der Waals surface area contributed by atoms with Gasteiger partial charge in [-0.15, -0.1) is 0 Å². The SMILES string of the molecule is CNc1ccc([N+](=O)[O-])cc1C(=O)NC1CCN(C(=O)c2ccco2)CC1. The third-order valence-corrected chi connectivity index (χ3v) is 4.58. The molecule has 0 saturated carbocycles. The molecule has 2 N–H and O–H groups in total. The second-order valence-corrected chi connectivity index (χ2v) is 6.25. The normalized spacial score (nSPS) is 14.6. The number of nitrogens with zero attached hydrogens (tertiary/aromatic N) is 2. The Morgan fingerprint density at radius 3 is 2.59 bits per heavy atom. The highest BCUT2D eigenvalue weighted by atomic mass is 16.6. The average molecular weight is 372 g/mol. The van der Waals surface area contributed by atoms with Crippen LogP contribution in [-0.4, -0.2) is 47.8 Å². The van der Waals surface area contributed by atoms with Crippen LogP contribution < -0.4 is 10.6 Å². The number of rotatable bonds is 5. The first-order valence-corrected chi connectivity index (χ1v) is 8.59. The lowest BCUT2D eigenvalue weighted by Crippen LogP contribution is -2.46. The molecule has 9 heteroatoms. The van der Waals surface area contributed by atoms with Crippen LogP contribution >= 0.6 is 0 Å². The molecule has 0 atom stereocenters. The molecule has 2 heterocycles. The highest BCUT2D eigenvalue weighted by molar-refractivity contribution is 6.00. The van der Waals surface area contributed by atoms with Crippen LogP contribution in [-0.2, 0) is 0 Å². The van der Waals surface area contributed by atoms with Crippen LogP contribution in [0.3, 0.4) is 0 Å². The number of piperidine rings is 1. The van der Waals surface area contributed by atoms with E-state index in [2.05, 4.69) is 10.6 Å². The zero-order valence-corrected chi connectivity index (χ0v) is 14.8. The van der Waals surface area contributed by atoms with Crippen molar-refractivity contribution in [2.45, 2.75) is 18.9 Å². The molecule has 0 aliphatic carbocycles. The van der Waals surface area contributed by atoms with Crippen molar-refractivity contribution in [1.82, 2.24) is 10.2 Å². The average Bonchev–Trinajstić information content (AvgIpc) is 3.22. The molecule has 0 unspecified atom stereocenters. The van der Waals surface area contributed by atoms with E-state index in [1.807, 2.05) is 0 Å². The van der Waals surface area contributed by atoms with E-state index < -0.39 is 4.92 Å². The molecule has 9 nitrogen and oxygen atoms in total. The molecule has 2 aromatic rings. The number of amides is 2. The Labute approximate surface area is 155 Å². The molecule has 0 bridgehead atoms. The fourth-order valence-corrected chi connectivity index (χ4v) is 3.10. The Morgan fingerprint density at radius 1 is 1.26 bits per heavy atom. The van der Waals surface area contributed by atoms with Crippen LogP contribution in [0.15, 0.2) is 41.0 Å². The molecule has 0 radical (unpaired) electrons. The largest absolute Gasteiger partial charge is 0.459 e. The van der Waals surface area contributed by atoms with E-state index in [4.69, 9.17) is 4.42 Å². The Balaban J connectivity index is 1.62. The molecule has 3 rings (SSSR count). The predicted molar refractivity (Wildman–Crippen MR) is 97.7 cm³/mol. The number of carbonyl (C=O) groups is 2. The summed E-state index contributed by atoms with van der Waals surface area (Å²) in [4.78, 5) is 37.0. The highest BCUT2D eigenvalue weighted by Crippen LogP contribution is 2.22. The van der Waals surface area contributed by atoms with Crippen LogP contribution in [0, 0.1) is 10.1 Å². The van der Waals surface area contributed by atoms with Crippen molar-refractivity contribution in [2.24, 2.45) is 0 Å². The van der Waals surface area contributed by atoms with Gasteiger partial charge in [-0.25, -0.2) is 0 Å². The van der Waals surface area contributed by atoms with Crippen molar-refractivity contribution >= 4 is 23.2 Å². The Bertz CT molecular complexity index is 841. The third kappa shape index (κ3) is 4.08. The number of non-ortho nitro benzene ring substituents is 1. The van der Waals surface area contributed by atoms with Gasteiger partial charge in [0.05, 0.1) is 16.7 Å². The van der Waals surface area contributed by atoms with Gasteiger partial charge in [0.2, 0.25) is 0 Å². The van der Waals surface area contributed by atoms with E-state index in [0.717, 1.165) is 0 Å². The van der Waals surface area contributed by atoms with Gasteiger partial charge in [0.25, 0.3) is 17.5 Å². The maximum absolute atomic E-state index is 12.6. The van der Waals surface area contributed by atoms with Gasteiger partial charge >= 0.3 is 0 Å². The summed E-state index contributed by atoms with van der Waals surface area (Å²) in [6.07, 6.45) is 2.66. The van der Waals surface area contributed by atoms with Gasteiger partial charge in [0.1, 0.15) is 0 Å². The van der Waals surface area contributed by atoms with Gasteiger partial charge in [-0.05, 0) is 31.0 Å². The number of anilines is 1. The minimum Gasteiger partial charge on any atom is -0.459 e. The van der Waals surface area contributed by atoms with Crippen LogP contribution in [0.5, 0.6) is 0 Å². The summed E-state index contributed by atoms with van der Waals surface area (Å²) in [5.74, 6) is -0.243. The van der Waals surface area contributed by atoms with Crippen LogP contribution in [0.2, 0.25) is 0 Å². The van der Waals surface area contributed by atoms with Crippen LogP contribution in [0.4, 0.5) is 11.4 Å². The molecule has 1 saturated heterocycles. The lowest BCUT2D eigenvalue weighted by atomic mass is 10.0. The minimum atomic E-state index is -0.533. The third-order valence-electron chi connectivity index (χ3n) is 4.58. The first kappa shape index (κ1) is 18.4. The van der Waals surface area contributed by atoms with E-state index in [-0.39, 0.29) is 29.1 Å². The number of furan rings is 1. The maximum atomic E-state index is 12.6. The van der Waals surface area contributed by atoms with Crippen molar-refractivity contribution in [2.75, 3.05) is 25.5 Å². The first-order valence-electron chi connectivity index (χ1n) is 8.59. The molecule has 1 fully saturated rings. The van der Waals surface area contributed by atoms with E-state index in [1.165, 1.54) is 24.5 Å². The molecule has 2 amide bonds. The summed E-state index contributed by atoms with van der Waals surface area (Å²) in [6.45, 7) is 0.997. The van der Waals surface area contributed by atoms with Gasteiger partial charge in [0, 0.05) is 44.0 Å². The maximum Gasteiger partial charge on any atom is 0.289 e. The topological polar surface area (TPSA) is 118 Å². The lowest BCUT2D eigenvalue weighted by molar-refractivity contribution is -0.384. The van der Waals surface area contributed by atoms with Crippen molar-refractivity contribution in [3.63, 3.8) is 0 Å². The number of nitro groups is 1. The quantitative estimate of drug-likeness (QED) is 0.614. The summed E-state index contributed by atoms with van der Waals surface area (Å²) < 4.78 is 5.13. The summed E-state index contributed by atoms with van der Waals surface area (Å²) >= 11 is 0. The molecule has 0 spiro atoms. The molecule has 1 aromatic carbocycles. The van der Waals surface area contributed by atoms with Gasteiger partial charge in [-0.3, -0.25) is 19.7 Å². The molecular formula is C18H20N4O5. The number of nitro benzene ring substituents is 1. The summed E-state index contributed by atoms with van der Waals surface area (Å²) in [6, 6.07) is 7.30. The summed E-state index contributed by atoms with van der Waals surface area (Å²) in [7, 11) is 1.65. The summed E-state index contributed by atoms with van der Waals surface area (Å²) in [5, 5.41) is 16.7. The van der Waals surface area contributed by atoms with E-state index >= 15 is 0 Å². The standard InChI is InChI=1S/C18H20N4O5/c1-19-15-5-4-13(22(25)26)11-14(15)17(23)20-12-6-8-21(9-7-12)18(24)16-3-2-10-27-16/h2-5,10-12,19H,6-9H2,1H3,(H,20,23). The monoisotopic (exact) mass is 372 g/mol. The number of benzene rings is 1. The molecule has 1 aromatic heterocycles. The zero-order valence-electron chi connectivity index (χ0n) is 14.8.